The van der Waals surface area contributed by atoms with Crippen molar-refractivity contribution in [2.75, 3.05) is 11.3 Å². The van der Waals surface area contributed by atoms with Crippen LogP contribution in [0, 0.1) is 0 Å². The molecule has 2 rings (SSSR count). The van der Waals surface area contributed by atoms with Gasteiger partial charge in [-0.05, 0) is 70.0 Å². The monoisotopic (exact) mass is 454 g/mol. The molecule has 0 aliphatic carbocycles. The van der Waals surface area contributed by atoms with Crippen LogP contribution in [0.5, 0.6) is 5.75 Å². The van der Waals surface area contributed by atoms with Crippen molar-refractivity contribution in [2.45, 2.75) is 51.2 Å². The molecule has 9 heteroatoms. The van der Waals surface area contributed by atoms with Gasteiger partial charge in [-0.2, -0.15) is 0 Å². The van der Waals surface area contributed by atoms with Crippen molar-refractivity contribution < 1.29 is 21.6 Å². The third-order valence-corrected chi connectivity index (χ3v) is 8.03. The topological polar surface area (TPSA) is 102 Å². The fourth-order valence-electron chi connectivity index (χ4n) is 2.44. The van der Waals surface area contributed by atoms with Gasteiger partial charge in [-0.3, -0.25) is 4.72 Å². The molecule has 0 amide bonds. The van der Waals surface area contributed by atoms with Crippen LogP contribution in [0.15, 0.2) is 48.5 Å². The van der Waals surface area contributed by atoms with Crippen LogP contribution >= 0.6 is 0 Å². The summed E-state index contributed by atoms with van der Waals surface area (Å²) in [6, 6.07) is 14.5. The Morgan fingerprint density at radius 3 is 1.97 bits per heavy atom. The van der Waals surface area contributed by atoms with Crippen molar-refractivity contribution in [3.8, 4) is 16.9 Å². The second-order valence-electron chi connectivity index (χ2n) is 7.67. The van der Waals surface area contributed by atoms with Crippen LogP contribution in [0.2, 0.25) is 0 Å². The smallest absolute Gasteiger partial charge is 0.235 e. The van der Waals surface area contributed by atoms with Gasteiger partial charge in [0.25, 0.3) is 0 Å². The molecule has 0 heterocycles. The lowest BCUT2D eigenvalue weighted by atomic mass is 10.1. The summed E-state index contributed by atoms with van der Waals surface area (Å²) >= 11 is 0. The fraction of sp³-hybridized carbons (Fsp3) is 0.429. The molecule has 0 bridgehead atoms. The van der Waals surface area contributed by atoms with E-state index in [2.05, 4.69) is 9.44 Å². The summed E-state index contributed by atoms with van der Waals surface area (Å²) in [5.74, 6) is 0.617. The summed E-state index contributed by atoms with van der Waals surface area (Å²) in [6.45, 7) is 8.46. The molecule has 0 saturated carbocycles. The van der Waals surface area contributed by atoms with Crippen LogP contribution < -0.4 is 14.2 Å². The van der Waals surface area contributed by atoms with Crippen molar-refractivity contribution in [1.82, 2.24) is 4.72 Å². The van der Waals surface area contributed by atoms with Gasteiger partial charge < -0.3 is 4.74 Å². The van der Waals surface area contributed by atoms with Crippen molar-refractivity contribution in [1.29, 1.82) is 0 Å². The van der Waals surface area contributed by atoms with E-state index in [0.29, 0.717) is 11.4 Å². The van der Waals surface area contributed by atoms with E-state index in [1.54, 1.807) is 65.0 Å². The van der Waals surface area contributed by atoms with Gasteiger partial charge in [0.2, 0.25) is 20.0 Å². The van der Waals surface area contributed by atoms with Crippen LogP contribution in [-0.4, -0.2) is 40.0 Å². The molecule has 0 aliphatic heterocycles. The highest BCUT2D eigenvalue weighted by Crippen LogP contribution is 2.26. The molecule has 0 fully saturated rings. The Kier molecular flexibility index (Phi) is 7.90. The van der Waals surface area contributed by atoms with Crippen molar-refractivity contribution in [2.24, 2.45) is 0 Å². The van der Waals surface area contributed by atoms with Gasteiger partial charge >= 0.3 is 0 Å². The van der Waals surface area contributed by atoms with E-state index in [1.165, 1.54) is 0 Å². The zero-order valence-corrected chi connectivity index (χ0v) is 19.5. The maximum Gasteiger partial charge on any atom is 0.235 e. The second kappa shape index (κ2) is 9.80. The van der Waals surface area contributed by atoms with Crippen molar-refractivity contribution >= 4 is 25.7 Å². The fourth-order valence-corrected chi connectivity index (χ4v) is 3.94. The van der Waals surface area contributed by atoms with Crippen molar-refractivity contribution in [3.05, 3.63) is 48.5 Å². The molecule has 2 N–H and O–H groups in total. The first-order valence-corrected chi connectivity index (χ1v) is 12.9. The number of nitrogens with one attached hydrogen (secondary N) is 2. The van der Waals surface area contributed by atoms with E-state index >= 15 is 0 Å². The lowest BCUT2D eigenvalue weighted by Gasteiger charge is -2.17. The Hall–Kier alpha value is -2.10. The average Bonchev–Trinajstić information content (AvgIpc) is 2.67. The molecular formula is C21H30N2O5S2. The maximum absolute atomic E-state index is 12.1. The van der Waals surface area contributed by atoms with Gasteiger partial charge in [0.1, 0.15) is 11.9 Å². The van der Waals surface area contributed by atoms with Gasteiger partial charge in [-0.15, -0.1) is 0 Å². The van der Waals surface area contributed by atoms with Crippen LogP contribution in [0.1, 0.15) is 34.6 Å². The quantitative estimate of drug-likeness (QED) is 0.571. The van der Waals surface area contributed by atoms with E-state index in [9.17, 15) is 16.8 Å². The van der Waals surface area contributed by atoms with Gasteiger partial charge in [0.05, 0.1) is 10.5 Å². The molecule has 0 saturated heterocycles. The number of ether oxygens (including phenoxy) is 1. The first kappa shape index (κ1) is 24.2. The Morgan fingerprint density at radius 1 is 0.800 bits per heavy atom. The van der Waals surface area contributed by atoms with Gasteiger partial charge in [-0.1, -0.05) is 24.3 Å². The Labute approximate surface area is 180 Å². The van der Waals surface area contributed by atoms with E-state index in [-0.39, 0.29) is 12.6 Å². The largest absolute Gasteiger partial charge is 0.489 e. The van der Waals surface area contributed by atoms with E-state index in [0.717, 1.165) is 11.1 Å². The summed E-state index contributed by atoms with van der Waals surface area (Å²) < 4.78 is 58.7. The Morgan fingerprint density at radius 2 is 1.40 bits per heavy atom. The molecule has 7 nitrogen and oxygen atoms in total. The van der Waals surface area contributed by atoms with Crippen LogP contribution in [-0.2, 0) is 20.0 Å². The minimum atomic E-state index is -3.41. The zero-order valence-electron chi connectivity index (χ0n) is 17.9. The number of sulfonamides is 2. The highest BCUT2D eigenvalue weighted by atomic mass is 32.2. The number of anilines is 1. The first-order valence-electron chi connectivity index (χ1n) is 9.78. The van der Waals surface area contributed by atoms with Crippen LogP contribution in [0.25, 0.3) is 11.1 Å². The van der Waals surface area contributed by atoms with Gasteiger partial charge in [0.15, 0.2) is 0 Å². The Bertz CT molecular complexity index is 1050. The van der Waals surface area contributed by atoms with Crippen LogP contribution in [0.4, 0.5) is 5.69 Å². The number of benzene rings is 2. The lowest BCUT2D eigenvalue weighted by molar-refractivity contribution is 0.225. The SMILES string of the molecule is CC(CNS(=O)(=O)C(C)C)Oc1ccc(-c2cccc(NS(=O)(=O)C(C)C)c2)cc1. The second-order valence-corrected chi connectivity index (χ2v) is 12.2. The van der Waals surface area contributed by atoms with E-state index < -0.39 is 30.5 Å². The number of hydrogen-bond donors (Lipinski definition) is 2. The maximum atomic E-state index is 12.1. The molecule has 1 atom stereocenters. The first-order chi connectivity index (χ1) is 13.9. The highest BCUT2D eigenvalue weighted by molar-refractivity contribution is 7.93. The number of hydrogen-bond acceptors (Lipinski definition) is 5. The predicted octanol–water partition coefficient (Wildman–Crippen LogP) is 3.60. The standard InChI is InChI=1S/C21H30N2O5S2/c1-15(2)29(24,25)22-14-17(5)28-21-11-9-18(10-12-21)19-7-6-8-20(13-19)23-30(26,27)16(3)4/h6-13,15-17,22-23H,14H2,1-5H3. The third kappa shape index (κ3) is 6.72. The van der Waals surface area contributed by atoms with Crippen LogP contribution in [0.3, 0.4) is 0 Å². The minimum Gasteiger partial charge on any atom is -0.489 e. The Balaban J connectivity index is 2.05. The molecule has 0 spiro atoms. The van der Waals surface area contributed by atoms with Gasteiger partial charge in [0, 0.05) is 12.2 Å². The average molecular weight is 455 g/mol. The van der Waals surface area contributed by atoms with Crippen molar-refractivity contribution in [3.63, 3.8) is 0 Å². The summed E-state index contributed by atoms with van der Waals surface area (Å²) in [7, 11) is -6.74. The normalized spacial score (nSPS) is 13.4. The lowest BCUT2D eigenvalue weighted by Crippen LogP contribution is -2.37. The van der Waals surface area contributed by atoms with Gasteiger partial charge in [-0.25, -0.2) is 21.6 Å². The molecule has 0 radical (unpaired) electrons. The third-order valence-electron chi connectivity index (χ3n) is 4.46. The summed E-state index contributed by atoms with van der Waals surface area (Å²) in [5.41, 5.74) is 2.27. The molecular weight excluding hydrogens is 424 g/mol. The number of rotatable bonds is 10. The minimum absolute atomic E-state index is 0.181. The summed E-state index contributed by atoms with van der Waals surface area (Å²) in [5, 5.41) is -1.02. The zero-order chi connectivity index (χ0) is 22.5. The molecule has 2 aromatic carbocycles. The molecule has 2 aromatic rings. The highest BCUT2D eigenvalue weighted by Gasteiger charge is 2.17. The van der Waals surface area contributed by atoms with E-state index in [1.807, 2.05) is 18.2 Å². The predicted molar refractivity (Wildman–Crippen MR) is 122 cm³/mol. The molecule has 1 unspecified atom stereocenters. The molecule has 0 aliphatic rings. The molecule has 166 valence electrons. The van der Waals surface area contributed by atoms with E-state index in [4.69, 9.17) is 4.74 Å². The summed E-state index contributed by atoms with van der Waals surface area (Å²) in [6.07, 6.45) is -0.335. The summed E-state index contributed by atoms with van der Waals surface area (Å²) in [4.78, 5) is 0. The molecule has 30 heavy (non-hydrogen) atoms. The molecule has 0 aromatic heterocycles.